The van der Waals surface area contributed by atoms with Gasteiger partial charge in [0.2, 0.25) is 0 Å². The molecule has 0 aromatic carbocycles. The molecule has 0 spiro atoms. The first kappa shape index (κ1) is 17.5. The second-order valence-corrected chi connectivity index (χ2v) is 6.88. The Kier molecular flexibility index (Phi) is 6.50. The Balaban J connectivity index is 3.11. The molecule has 3 heteroatoms. The second-order valence-electron chi connectivity index (χ2n) is 6.88. The van der Waals surface area contributed by atoms with Gasteiger partial charge in [0.05, 0.1) is 6.61 Å². The number of nitrogens with one attached hydrogen (secondary N) is 1. The van der Waals surface area contributed by atoms with Crippen LogP contribution in [0, 0.1) is 17.8 Å². The van der Waals surface area contributed by atoms with Crippen LogP contribution in [0.5, 0.6) is 0 Å². The van der Waals surface area contributed by atoms with E-state index in [1.165, 1.54) is 6.42 Å². The first-order valence-electron chi connectivity index (χ1n) is 8.32. The van der Waals surface area contributed by atoms with Crippen LogP contribution in [0.1, 0.15) is 67.2 Å². The quantitative estimate of drug-likeness (QED) is 0.754. The van der Waals surface area contributed by atoms with E-state index < -0.39 is 5.54 Å². The Morgan fingerprint density at radius 1 is 1.30 bits per heavy atom. The third-order valence-corrected chi connectivity index (χ3v) is 4.83. The number of rotatable bonds is 6. The van der Waals surface area contributed by atoms with Crippen molar-refractivity contribution in [3.05, 3.63) is 0 Å². The van der Waals surface area contributed by atoms with Crippen LogP contribution in [0.15, 0.2) is 0 Å². The SMILES string of the molecule is CCOC(=O)C1(NC(C)CC)CC(C)CCC1C(C)C. The largest absolute Gasteiger partial charge is 0.465 e. The lowest BCUT2D eigenvalue weighted by Gasteiger charge is -2.48. The molecule has 0 radical (unpaired) electrons. The van der Waals surface area contributed by atoms with E-state index in [-0.39, 0.29) is 5.97 Å². The highest BCUT2D eigenvalue weighted by molar-refractivity contribution is 5.81. The molecule has 1 saturated carbocycles. The topological polar surface area (TPSA) is 38.3 Å². The van der Waals surface area contributed by atoms with Crippen molar-refractivity contribution in [1.82, 2.24) is 5.32 Å². The van der Waals surface area contributed by atoms with Gasteiger partial charge in [-0.1, -0.05) is 34.1 Å². The van der Waals surface area contributed by atoms with Crippen LogP contribution in [0.25, 0.3) is 0 Å². The third kappa shape index (κ3) is 3.75. The minimum absolute atomic E-state index is 0.0365. The van der Waals surface area contributed by atoms with Crippen LogP contribution >= 0.6 is 0 Å². The molecule has 1 rings (SSSR count). The molecule has 1 aliphatic rings. The smallest absolute Gasteiger partial charge is 0.326 e. The fourth-order valence-electron chi connectivity index (χ4n) is 3.68. The van der Waals surface area contributed by atoms with Crippen molar-refractivity contribution in [2.45, 2.75) is 78.8 Å². The van der Waals surface area contributed by atoms with Crippen molar-refractivity contribution in [3.63, 3.8) is 0 Å². The Bertz CT molecular complexity index is 316. The number of hydrogen-bond acceptors (Lipinski definition) is 3. The molecule has 20 heavy (non-hydrogen) atoms. The fourth-order valence-corrected chi connectivity index (χ4v) is 3.68. The molecular formula is C17H33NO2. The zero-order chi connectivity index (χ0) is 15.3. The van der Waals surface area contributed by atoms with Gasteiger partial charge in [-0.15, -0.1) is 0 Å². The standard InChI is InChI=1S/C17H33NO2/c1-7-14(6)18-17(16(19)20-8-2)11-13(5)9-10-15(17)12(3)4/h12-15,18H,7-11H2,1-6H3. The van der Waals surface area contributed by atoms with E-state index in [0.717, 1.165) is 19.3 Å². The molecule has 4 unspecified atom stereocenters. The van der Waals surface area contributed by atoms with E-state index in [1.54, 1.807) is 0 Å². The molecule has 0 aromatic rings. The second kappa shape index (κ2) is 7.44. The van der Waals surface area contributed by atoms with Crippen LogP contribution in [-0.4, -0.2) is 24.2 Å². The molecule has 4 atom stereocenters. The van der Waals surface area contributed by atoms with Gasteiger partial charge in [-0.3, -0.25) is 10.1 Å². The van der Waals surface area contributed by atoms with Gasteiger partial charge in [0, 0.05) is 6.04 Å². The predicted molar refractivity (Wildman–Crippen MR) is 83.6 cm³/mol. The Morgan fingerprint density at radius 2 is 1.95 bits per heavy atom. The van der Waals surface area contributed by atoms with Crippen LogP contribution in [0.4, 0.5) is 0 Å². The summed E-state index contributed by atoms with van der Waals surface area (Å²) in [6.07, 6.45) is 4.26. The van der Waals surface area contributed by atoms with Crippen LogP contribution in [0.3, 0.4) is 0 Å². The van der Waals surface area contributed by atoms with E-state index >= 15 is 0 Å². The van der Waals surface area contributed by atoms with Gasteiger partial charge in [-0.25, -0.2) is 0 Å². The predicted octanol–water partition coefficient (Wildman–Crippen LogP) is 3.77. The number of ether oxygens (including phenoxy) is 1. The van der Waals surface area contributed by atoms with E-state index in [1.807, 2.05) is 6.92 Å². The zero-order valence-electron chi connectivity index (χ0n) is 14.2. The number of carbonyl (C=O) groups excluding carboxylic acids is 1. The maximum absolute atomic E-state index is 12.7. The maximum Gasteiger partial charge on any atom is 0.326 e. The molecular weight excluding hydrogens is 250 g/mol. The van der Waals surface area contributed by atoms with Gasteiger partial charge in [-0.2, -0.15) is 0 Å². The molecule has 0 bridgehead atoms. The number of carbonyl (C=O) groups is 1. The summed E-state index contributed by atoms with van der Waals surface area (Å²) in [6.45, 7) is 13.4. The summed E-state index contributed by atoms with van der Waals surface area (Å²) in [5.74, 6) is 1.40. The summed E-state index contributed by atoms with van der Waals surface area (Å²) in [6, 6.07) is 0.339. The molecule has 0 saturated heterocycles. The van der Waals surface area contributed by atoms with Gasteiger partial charge in [0.1, 0.15) is 5.54 Å². The summed E-state index contributed by atoms with van der Waals surface area (Å²) >= 11 is 0. The van der Waals surface area contributed by atoms with Crippen molar-refractivity contribution in [1.29, 1.82) is 0 Å². The van der Waals surface area contributed by atoms with Crippen molar-refractivity contribution in [2.24, 2.45) is 17.8 Å². The van der Waals surface area contributed by atoms with Crippen LogP contribution in [0.2, 0.25) is 0 Å². The number of esters is 1. The lowest BCUT2D eigenvalue weighted by molar-refractivity contribution is -0.158. The van der Waals surface area contributed by atoms with Crippen LogP contribution < -0.4 is 5.32 Å². The van der Waals surface area contributed by atoms with Gasteiger partial charge < -0.3 is 4.74 Å². The van der Waals surface area contributed by atoms with E-state index in [4.69, 9.17) is 4.74 Å². The van der Waals surface area contributed by atoms with E-state index in [9.17, 15) is 4.79 Å². The number of hydrogen-bond donors (Lipinski definition) is 1. The van der Waals surface area contributed by atoms with Crippen molar-refractivity contribution < 1.29 is 9.53 Å². The van der Waals surface area contributed by atoms with E-state index in [2.05, 4.69) is 39.9 Å². The van der Waals surface area contributed by atoms with Gasteiger partial charge >= 0.3 is 5.97 Å². The normalized spacial score (nSPS) is 32.1. The molecule has 3 nitrogen and oxygen atoms in total. The van der Waals surface area contributed by atoms with Gasteiger partial charge in [0.25, 0.3) is 0 Å². The minimum atomic E-state index is -0.489. The van der Waals surface area contributed by atoms with Crippen molar-refractivity contribution in [3.8, 4) is 0 Å². The minimum Gasteiger partial charge on any atom is -0.465 e. The highest BCUT2D eigenvalue weighted by atomic mass is 16.5. The summed E-state index contributed by atoms with van der Waals surface area (Å²) in [7, 11) is 0. The molecule has 1 N–H and O–H groups in total. The Hall–Kier alpha value is -0.570. The van der Waals surface area contributed by atoms with Gasteiger partial charge in [-0.05, 0) is 50.9 Å². The Labute approximate surface area is 124 Å². The molecule has 0 heterocycles. The maximum atomic E-state index is 12.7. The first-order valence-corrected chi connectivity index (χ1v) is 8.32. The Morgan fingerprint density at radius 3 is 2.45 bits per heavy atom. The summed E-state index contributed by atoms with van der Waals surface area (Å²) < 4.78 is 5.46. The van der Waals surface area contributed by atoms with E-state index in [0.29, 0.717) is 30.4 Å². The molecule has 0 aromatic heterocycles. The fraction of sp³-hybridized carbons (Fsp3) is 0.941. The average Bonchev–Trinajstić information content (AvgIpc) is 2.38. The lowest BCUT2D eigenvalue weighted by atomic mass is 9.64. The molecule has 1 aliphatic carbocycles. The highest BCUT2D eigenvalue weighted by Crippen LogP contribution is 2.42. The molecule has 0 amide bonds. The zero-order valence-corrected chi connectivity index (χ0v) is 14.2. The average molecular weight is 283 g/mol. The summed E-state index contributed by atoms with van der Waals surface area (Å²) in [4.78, 5) is 12.7. The van der Waals surface area contributed by atoms with Gasteiger partial charge in [0.15, 0.2) is 0 Å². The monoisotopic (exact) mass is 283 g/mol. The first-order chi connectivity index (χ1) is 9.37. The lowest BCUT2D eigenvalue weighted by Crippen LogP contribution is -2.64. The van der Waals surface area contributed by atoms with Crippen molar-refractivity contribution >= 4 is 5.97 Å². The highest BCUT2D eigenvalue weighted by Gasteiger charge is 2.51. The molecule has 1 fully saturated rings. The summed E-state index contributed by atoms with van der Waals surface area (Å²) in [5.41, 5.74) is -0.489. The molecule has 0 aliphatic heterocycles. The third-order valence-electron chi connectivity index (χ3n) is 4.83. The van der Waals surface area contributed by atoms with Crippen LogP contribution in [-0.2, 0) is 9.53 Å². The molecule has 118 valence electrons. The van der Waals surface area contributed by atoms with Crippen molar-refractivity contribution in [2.75, 3.05) is 6.61 Å². The summed E-state index contributed by atoms with van der Waals surface area (Å²) in [5, 5.41) is 3.65.